The normalized spacial score (nSPS) is 14.5. The summed E-state index contributed by atoms with van der Waals surface area (Å²) in [6.45, 7) is 2.92. The first-order valence-electron chi connectivity index (χ1n) is 7.38. The second-order valence-electron chi connectivity index (χ2n) is 5.24. The minimum absolute atomic E-state index is 0.919. The van der Waals surface area contributed by atoms with Crippen LogP contribution < -0.4 is 5.32 Å². The Morgan fingerprint density at radius 1 is 1.19 bits per heavy atom. The Morgan fingerprint density at radius 3 is 2.90 bits per heavy atom. The summed E-state index contributed by atoms with van der Waals surface area (Å²) in [5.74, 6) is 3.20. The minimum Gasteiger partial charge on any atom is -0.355 e. The van der Waals surface area contributed by atoms with Crippen molar-refractivity contribution in [3.05, 3.63) is 48.0 Å². The number of nitrogens with zero attached hydrogens (tertiary/aromatic N) is 2. The monoisotopic (exact) mass is 299 g/mol. The zero-order valence-corrected chi connectivity index (χ0v) is 13.2. The molecule has 0 bridgehead atoms. The van der Waals surface area contributed by atoms with Crippen LogP contribution in [-0.2, 0) is 5.75 Å². The Bertz CT molecular complexity index is 633. The van der Waals surface area contributed by atoms with Crippen LogP contribution in [-0.4, -0.2) is 43.3 Å². The number of hydrogen-bond donors (Lipinski definition) is 1. The lowest BCUT2D eigenvalue weighted by molar-refractivity contribution is 0.537. The smallest absolute Gasteiger partial charge is 0.193 e. The molecule has 0 aliphatic carbocycles. The van der Waals surface area contributed by atoms with Gasteiger partial charge in [-0.2, -0.15) is 11.8 Å². The maximum absolute atomic E-state index is 4.44. The zero-order valence-electron chi connectivity index (χ0n) is 12.4. The Morgan fingerprint density at radius 2 is 2.05 bits per heavy atom. The number of likely N-dealkylation sites (N-methyl/N-ethyl adjacent to an activating group) is 1. The van der Waals surface area contributed by atoms with Crippen molar-refractivity contribution >= 4 is 28.5 Å². The Labute approximate surface area is 130 Å². The standard InChI is InChI=1S/C17H21N3S/c1-20-11-9-18-17(20)19-10-12-21-13-15-7-4-6-14-5-2-3-8-16(14)15/h2-8H,9-13H2,1H3,(H,18,19). The summed E-state index contributed by atoms with van der Waals surface area (Å²) in [5.41, 5.74) is 1.42. The van der Waals surface area contributed by atoms with Gasteiger partial charge in [-0.3, -0.25) is 4.99 Å². The van der Waals surface area contributed by atoms with E-state index in [1.165, 1.54) is 16.3 Å². The zero-order chi connectivity index (χ0) is 14.5. The summed E-state index contributed by atoms with van der Waals surface area (Å²) in [7, 11) is 2.09. The van der Waals surface area contributed by atoms with Crippen LogP contribution in [0.1, 0.15) is 5.56 Å². The molecule has 0 radical (unpaired) electrons. The van der Waals surface area contributed by atoms with Gasteiger partial charge in [-0.15, -0.1) is 0 Å². The van der Waals surface area contributed by atoms with Gasteiger partial charge >= 0.3 is 0 Å². The van der Waals surface area contributed by atoms with Gasteiger partial charge in [0, 0.05) is 31.6 Å². The van der Waals surface area contributed by atoms with Crippen molar-refractivity contribution < 1.29 is 0 Å². The lowest BCUT2D eigenvalue weighted by Crippen LogP contribution is -2.36. The summed E-state index contributed by atoms with van der Waals surface area (Å²) >= 11 is 1.97. The van der Waals surface area contributed by atoms with E-state index in [2.05, 4.69) is 64.7 Å². The minimum atomic E-state index is 0.919. The van der Waals surface area contributed by atoms with Crippen LogP contribution in [0.25, 0.3) is 10.8 Å². The number of rotatable bonds is 5. The molecule has 0 spiro atoms. The van der Waals surface area contributed by atoms with Crippen LogP contribution in [0.5, 0.6) is 0 Å². The van der Waals surface area contributed by atoms with E-state index in [0.29, 0.717) is 0 Å². The van der Waals surface area contributed by atoms with Crippen LogP contribution in [0.4, 0.5) is 0 Å². The molecule has 1 N–H and O–H groups in total. The molecule has 4 heteroatoms. The highest BCUT2D eigenvalue weighted by Crippen LogP contribution is 2.22. The second kappa shape index (κ2) is 6.85. The highest BCUT2D eigenvalue weighted by molar-refractivity contribution is 7.98. The SMILES string of the molecule is CN1CCN=C1NCCSCc1cccc2ccccc12. The van der Waals surface area contributed by atoms with Gasteiger partial charge < -0.3 is 10.2 Å². The van der Waals surface area contributed by atoms with Crippen LogP contribution in [0.3, 0.4) is 0 Å². The molecule has 2 aromatic carbocycles. The molecule has 21 heavy (non-hydrogen) atoms. The molecule has 0 unspecified atom stereocenters. The molecule has 1 aliphatic rings. The topological polar surface area (TPSA) is 27.6 Å². The molecule has 0 fully saturated rings. The van der Waals surface area contributed by atoms with Crippen molar-refractivity contribution in [1.82, 2.24) is 10.2 Å². The molecule has 3 nitrogen and oxygen atoms in total. The van der Waals surface area contributed by atoms with Crippen molar-refractivity contribution in [3.8, 4) is 0 Å². The van der Waals surface area contributed by atoms with Crippen LogP contribution in [0, 0.1) is 0 Å². The quantitative estimate of drug-likeness (QED) is 0.860. The second-order valence-corrected chi connectivity index (χ2v) is 6.35. The Balaban J connectivity index is 1.49. The van der Waals surface area contributed by atoms with Gasteiger partial charge in [0.1, 0.15) is 0 Å². The van der Waals surface area contributed by atoms with E-state index >= 15 is 0 Å². The molecule has 1 heterocycles. The van der Waals surface area contributed by atoms with Gasteiger partial charge in [0.25, 0.3) is 0 Å². The third-order valence-corrected chi connectivity index (χ3v) is 4.73. The number of benzene rings is 2. The predicted octanol–water partition coefficient (Wildman–Crippen LogP) is 2.96. The van der Waals surface area contributed by atoms with Crippen molar-refractivity contribution in [2.45, 2.75) is 5.75 Å². The highest BCUT2D eigenvalue weighted by atomic mass is 32.2. The first-order chi connectivity index (χ1) is 10.3. The number of fused-ring (bicyclic) bond motifs is 1. The van der Waals surface area contributed by atoms with E-state index in [1.54, 1.807) is 0 Å². The lowest BCUT2D eigenvalue weighted by atomic mass is 10.1. The maximum atomic E-state index is 4.44. The van der Waals surface area contributed by atoms with Gasteiger partial charge in [0.2, 0.25) is 0 Å². The summed E-state index contributed by atoms with van der Waals surface area (Å²) < 4.78 is 0. The van der Waals surface area contributed by atoms with Crippen molar-refractivity contribution in [3.63, 3.8) is 0 Å². The van der Waals surface area contributed by atoms with Gasteiger partial charge in [-0.05, 0) is 16.3 Å². The molecule has 0 aromatic heterocycles. The van der Waals surface area contributed by atoms with E-state index < -0.39 is 0 Å². The van der Waals surface area contributed by atoms with Gasteiger partial charge in [0.05, 0.1) is 6.54 Å². The highest BCUT2D eigenvalue weighted by Gasteiger charge is 2.10. The Kier molecular flexibility index (Phi) is 4.65. The van der Waals surface area contributed by atoms with Gasteiger partial charge in [0.15, 0.2) is 5.96 Å². The summed E-state index contributed by atoms with van der Waals surface area (Å²) in [6.07, 6.45) is 0. The molecule has 110 valence electrons. The van der Waals surface area contributed by atoms with E-state index in [9.17, 15) is 0 Å². The van der Waals surface area contributed by atoms with Crippen LogP contribution >= 0.6 is 11.8 Å². The maximum Gasteiger partial charge on any atom is 0.193 e. The van der Waals surface area contributed by atoms with E-state index in [1.807, 2.05) is 11.8 Å². The lowest BCUT2D eigenvalue weighted by Gasteiger charge is -2.15. The summed E-state index contributed by atoms with van der Waals surface area (Å²) in [4.78, 5) is 6.61. The first kappa shape index (κ1) is 14.3. The van der Waals surface area contributed by atoms with E-state index in [-0.39, 0.29) is 0 Å². The number of thioether (sulfide) groups is 1. The average Bonchev–Trinajstić information content (AvgIpc) is 2.92. The molecule has 2 aromatic rings. The fourth-order valence-corrected chi connectivity index (χ4v) is 3.42. The fraction of sp³-hybridized carbons (Fsp3) is 0.353. The molecular weight excluding hydrogens is 278 g/mol. The molecule has 1 aliphatic heterocycles. The Hall–Kier alpha value is -1.68. The number of hydrogen-bond acceptors (Lipinski definition) is 4. The summed E-state index contributed by atoms with van der Waals surface area (Å²) in [6, 6.07) is 15.2. The van der Waals surface area contributed by atoms with Crippen LogP contribution in [0.15, 0.2) is 47.5 Å². The van der Waals surface area contributed by atoms with Crippen molar-refractivity contribution in [1.29, 1.82) is 0 Å². The van der Waals surface area contributed by atoms with Crippen LogP contribution in [0.2, 0.25) is 0 Å². The number of guanidine groups is 1. The largest absolute Gasteiger partial charge is 0.355 e. The summed E-state index contributed by atoms with van der Waals surface area (Å²) in [5, 5.41) is 6.11. The average molecular weight is 299 g/mol. The van der Waals surface area contributed by atoms with Gasteiger partial charge in [-0.25, -0.2) is 0 Å². The third-order valence-electron chi connectivity index (χ3n) is 3.73. The van der Waals surface area contributed by atoms with Gasteiger partial charge in [-0.1, -0.05) is 42.5 Å². The number of nitrogens with one attached hydrogen (secondary N) is 1. The first-order valence-corrected chi connectivity index (χ1v) is 8.54. The molecule has 0 saturated carbocycles. The van der Waals surface area contributed by atoms with E-state index in [0.717, 1.165) is 37.1 Å². The molecule has 0 amide bonds. The van der Waals surface area contributed by atoms with Crippen molar-refractivity contribution in [2.24, 2.45) is 4.99 Å². The molecule has 0 atom stereocenters. The number of aliphatic imine (C=N–C) groups is 1. The predicted molar refractivity (Wildman–Crippen MR) is 93.0 cm³/mol. The molecular formula is C17H21N3S. The third kappa shape index (κ3) is 3.50. The molecule has 0 saturated heterocycles. The van der Waals surface area contributed by atoms with Crippen molar-refractivity contribution in [2.75, 3.05) is 32.4 Å². The fourth-order valence-electron chi connectivity index (χ4n) is 2.56. The molecule has 3 rings (SSSR count). The van der Waals surface area contributed by atoms with E-state index in [4.69, 9.17) is 0 Å².